The summed E-state index contributed by atoms with van der Waals surface area (Å²) >= 11 is 5.06. The monoisotopic (exact) mass is 308 g/mol. The number of benzene rings is 1. The van der Waals surface area contributed by atoms with E-state index < -0.39 is 0 Å². The Kier molecular flexibility index (Phi) is 4.20. The Labute approximate surface area is 114 Å². The molecule has 1 heterocycles. The zero-order chi connectivity index (χ0) is 12.3. The van der Waals surface area contributed by atoms with Crippen LogP contribution >= 0.6 is 27.7 Å². The maximum absolute atomic E-state index is 5.78. The molecule has 2 rings (SSSR count). The van der Waals surface area contributed by atoms with E-state index >= 15 is 0 Å². The highest BCUT2D eigenvalue weighted by atomic mass is 79.9. The summed E-state index contributed by atoms with van der Waals surface area (Å²) in [6.45, 7) is 1.96. The maximum Gasteiger partial charge on any atom is 0.101 e. The third kappa shape index (κ3) is 3.56. The Morgan fingerprint density at radius 2 is 1.88 bits per heavy atom. The van der Waals surface area contributed by atoms with Gasteiger partial charge in [-0.1, -0.05) is 33.8 Å². The molecule has 1 atom stereocenters. The quantitative estimate of drug-likeness (QED) is 0.931. The average Bonchev–Trinajstić information content (AvgIpc) is 2.33. The number of pyridine rings is 1. The fourth-order valence-electron chi connectivity index (χ4n) is 1.34. The summed E-state index contributed by atoms with van der Waals surface area (Å²) in [5.74, 6) is 0. The van der Waals surface area contributed by atoms with E-state index in [1.54, 1.807) is 11.8 Å². The Balaban J connectivity index is 2.11. The van der Waals surface area contributed by atoms with Crippen LogP contribution in [0.3, 0.4) is 0 Å². The zero-order valence-electron chi connectivity index (χ0n) is 9.43. The number of nitrogens with two attached hydrogens (primary N) is 1. The molecule has 0 aliphatic heterocycles. The minimum Gasteiger partial charge on any atom is -0.324 e. The van der Waals surface area contributed by atoms with E-state index in [9.17, 15) is 0 Å². The molecule has 2 nitrogen and oxygen atoms in total. The molecule has 88 valence electrons. The Morgan fingerprint density at radius 3 is 2.41 bits per heavy atom. The first-order chi connectivity index (χ1) is 8.15. The van der Waals surface area contributed by atoms with Gasteiger partial charge in [0, 0.05) is 21.6 Å². The zero-order valence-corrected chi connectivity index (χ0v) is 11.8. The molecule has 0 unspecified atom stereocenters. The highest BCUT2D eigenvalue weighted by Crippen LogP contribution is 2.27. The summed E-state index contributed by atoms with van der Waals surface area (Å²) in [5, 5.41) is 0.983. The van der Waals surface area contributed by atoms with Gasteiger partial charge < -0.3 is 5.73 Å². The molecule has 1 aromatic heterocycles. The van der Waals surface area contributed by atoms with Crippen LogP contribution in [0.15, 0.2) is 57.0 Å². The van der Waals surface area contributed by atoms with Crippen LogP contribution in [0.1, 0.15) is 18.5 Å². The van der Waals surface area contributed by atoms with Crippen molar-refractivity contribution in [1.29, 1.82) is 0 Å². The summed E-state index contributed by atoms with van der Waals surface area (Å²) in [7, 11) is 0. The summed E-state index contributed by atoms with van der Waals surface area (Å²) in [6, 6.07) is 12.3. The maximum atomic E-state index is 5.78. The molecule has 0 aliphatic carbocycles. The molecule has 2 aromatic rings. The van der Waals surface area contributed by atoms with Crippen LogP contribution in [-0.2, 0) is 0 Å². The van der Waals surface area contributed by atoms with Gasteiger partial charge >= 0.3 is 0 Å². The summed E-state index contributed by atoms with van der Waals surface area (Å²) < 4.78 is 1.09. The van der Waals surface area contributed by atoms with Gasteiger partial charge in [0.25, 0.3) is 0 Å². The summed E-state index contributed by atoms with van der Waals surface area (Å²) in [6.07, 6.45) is 1.84. The first-order valence-electron chi connectivity index (χ1n) is 5.30. The molecule has 0 fully saturated rings. The SMILES string of the molecule is C[C@H](N)c1ccc(Sc2ccc(Br)cc2)nc1. The van der Waals surface area contributed by atoms with E-state index in [4.69, 9.17) is 5.73 Å². The Bertz CT molecular complexity index is 480. The van der Waals surface area contributed by atoms with Crippen LogP contribution in [0.25, 0.3) is 0 Å². The van der Waals surface area contributed by atoms with Crippen LogP contribution in [0.4, 0.5) is 0 Å². The molecule has 0 spiro atoms. The Morgan fingerprint density at radius 1 is 1.18 bits per heavy atom. The predicted molar refractivity (Wildman–Crippen MR) is 75.1 cm³/mol. The Hall–Kier alpha value is -0.840. The van der Waals surface area contributed by atoms with Gasteiger partial charge in [-0.3, -0.25) is 0 Å². The van der Waals surface area contributed by atoms with Crippen molar-refractivity contribution in [3.05, 3.63) is 52.6 Å². The van der Waals surface area contributed by atoms with Crippen molar-refractivity contribution in [3.63, 3.8) is 0 Å². The van der Waals surface area contributed by atoms with Crippen LogP contribution in [0.5, 0.6) is 0 Å². The standard InChI is InChI=1S/C13H13BrN2S/c1-9(15)10-2-7-13(16-8-10)17-12-5-3-11(14)4-6-12/h2-9H,15H2,1H3/t9-/m0/s1. The van der Waals surface area contributed by atoms with Gasteiger partial charge in [0.05, 0.1) is 0 Å². The van der Waals surface area contributed by atoms with Gasteiger partial charge in [-0.05, 0) is 42.8 Å². The first kappa shape index (κ1) is 12.6. The molecular formula is C13H13BrN2S. The van der Waals surface area contributed by atoms with Crippen molar-refractivity contribution < 1.29 is 0 Å². The number of aromatic nitrogens is 1. The van der Waals surface area contributed by atoms with Crippen molar-refractivity contribution in [2.24, 2.45) is 5.73 Å². The lowest BCUT2D eigenvalue weighted by Crippen LogP contribution is -2.04. The molecule has 0 saturated heterocycles. The molecule has 1 aromatic carbocycles. The first-order valence-corrected chi connectivity index (χ1v) is 6.91. The van der Waals surface area contributed by atoms with Crippen molar-refractivity contribution in [3.8, 4) is 0 Å². The topological polar surface area (TPSA) is 38.9 Å². The number of rotatable bonds is 3. The molecular weight excluding hydrogens is 296 g/mol. The van der Waals surface area contributed by atoms with Gasteiger partial charge in [0.1, 0.15) is 5.03 Å². The van der Waals surface area contributed by atoms with Crippen molar-refractivity contribution in [2.45, 2.75) is 22.9 Å². The van der Waals surface area contributed by atoms with Gasteiger partial charge in [-0.15, -0.1) is 0 Å². The second-order valence-electron chi connectivity index (χ2n) is 3.77. The lowest BCUT2D eigenvalue weighted by Gasteiger charge is -2.06. The summed E-state index contributed by atoms with van der Waals surface area (Å²) in [4.78, 5) is 5.56. The van der Waals surface area contributed by atoms with E-state index in [2.05, 4.69) is 33.0 Å². The van der Waals surface area contributed by atoms with E-state index in [-0.39, 0.29) is 6.04 Å². The fraction of sp³-hybridized carbons (Fsp3) is 0.154. The van der Waals surface area contributed by atoms with Crippen molar-refractivity contribution >= 4 is 27.7 Å². The molecule has 0 aliphatic rings. The van der Waals surface area contributed by atoms with E-state index in [0.717, 1.165) is 15.1 Å². The minimum absolute atomic E-state index is 0.0363. The average molecular weight is 309 g/mol. The molecule has 0 bridgehead atoms. The van der Waals surface area contributed by atoms with Gasteiger partial charge in [0.15, 0.2) is 0 Å². The predicted octanol–water partition coefficient (Wildman–Crippen LogP) is 4.02. The molecule has 0 radical (unpaired) electrons. The minimum atomic E-state index is 0.0363. The second kappa shape index (κ2) is 5.67. The lowest BCUT2D eigenvalue weighted by atomic mass is 10.2. The second-order valence-corrected chi connectivity index (χ2v) is 5.78. The van der Waals surface area contributed by atoms with E-state index in [0.29, 0.717) is 0 Å². The largest absolute Gasteiger partial charge is 0.324 e. The van der Waals surface area contributed by atoms with Crippen LogP contribution in [-0.4, -0.2) is 4.98 Å². The third-order valence-electron chi connectivity index (χ3n) is 2.32. The van der Waals surface area contributed by atoms with Gasteiger partial charge in [-0.2, -0.15) is 0 Å². The highest BCUT2D eigenvalue weighted by molar-refractivity contribution is 9.10. The van der Waals surface area contributed by atoms with Crippen LogP contribution in [0.2, 0.25) is 0 Å². The smallest absolute Gasteiger partial charge is 0.101 e. The van der Waals surface area contributed by atoms with Gasteiger partial charge in [0.2, 0.25) is 0 Å². The molecule has 4 heteroatoms. The number of hydrogen-bond donors (Lipinski definition) is 1. The molecule has 17 heavy (non-hydrogen) atoms. The van der Waals surface area contributed by atoms with E-state index in [1.807, 2.05) is 37.4 Å². The highest BCUT2D eigenvalue weighted by Gasteiger charge is 2.02. The fourth-order valence-corrected chi connectivity index (χ4v) is 2.36. The number of nitrogens with zero attached hydrogens (tertiary/aromatic N) is 1. The number of halogens is 1. The van der Waals surface area contributed by atoms with Crippen molar-refractivity contribution in [2.75, 3.05) is 0 Å². The van der Waals surface area contributed by atoms with Crippen LogP contribution in [0, 0.1) is 0 Å². The summed E-state index contributed by atoms with van der Waals surface area (Å²) in [5.41, 5.74) is 6.84. The normalized spacial score (nSPS) is 12.4. The van der Waals surface area contributed by atoms with Crippen LogP contribution < -0.4 is 5.73 Å². The molecule has 0 amide bonds. The molecule has 2 N–H and O–H groups in total. The third-order valence-corrected chi connectivity index (χ3v) is 3.81. The number of hydrogen-bond acceptors (Lipinski definition) is 3. The lowest BCUT2D eigenvalue weighted by molar-refractivity contribution is 0.806. The van der Waals surface area contributed by atoms with Gasteiger partial charge in [-0.25, -0.2) is 4.98 Å². The van der Waals surface area contributed by atoms with Crippen molar-refractivity contribution in [1.82, 2.24) is 4.98 Å². The van der Waals surface area contributed by atoms with E-state index in [1.165, 1.54) is 4.90 Å². The molecule has 0 saturated carbocycles.